The first-order valence-electron chi connectivity index (χ1n) is 15.3. The monoisotopic (exact) mass is 828 g/mol. The lowest BCUT2D eigenvalue weighted by atomic mass is 10.0. The lowest BCUT2D eigenvalue weighted by Gasteiger charge is -2.15. The molecule has 0 aliphatic carbocycles. The normalized spacial score (nSPS) is 12.3. The molecule has 0 spiro atoms. The fourth-order valence-electron chi connectivity index (χ4n) is 4.06. The number of aliphatic imine (C=N–C) groups is 1. The molecule has 13 nitrogen and oxygen atoms in total. The fourth-order valence-corrected chi connectivity index (χ4v) is 5.07. The number of benzene rings is 2. The largest absolute Gasteiger partial charge is 0.506 e. The Bertz CT molecular complexity index is 1570. The third kappa shape index (κ3) is 12.4. The van der Waals surface area contributed by atoms with Crippen molar-refractivity contribution in [1.29, 1.82) is 0 Å². The Morgan fingerprint density at radius 2 is 1.26 bits per heavy atom. The molecule has 0 fully saturated rings. The number of methoxy groups -OCH3 is 4. The highest BCUT2D eigenvalue weighted by molar-refractivity contribution is 9.11. The van der Waals surface area contributed by atoms with Crippen molar-refractivity contribution in [3.05, 3.63) is 61.7 Å². The highest BCUT2D eigenvalue weighted by Crippen LogP contribution is 2.37. The number of Topliss-reactive ketones (excluding diaryl/α,β-unsaturated/α-hetero) is 1. The number of ketones is 1. The van der Waals surface area contributed by atoms with Gasteiger partial charge in [0, 0.05) is 38.6 Å². The molecule has 0 aromatic heterocycles. The van der Waals surface area contributed by atoms with Crippen molar-refractivity contribution in [2.75, 3.05) is 62.4 Å². The van der Waals surface area contributed by atoms with Gasteiger partial charge in [-0.1, -0.05) is 13.8 Å². The number of aliphatic hydroxyl groups is 2. The van der Waals surface area contributed by atoms with Crippen LogP contribution in [0.25, 0.3) is 5.76 Å². The Labute approximate surface area is 310 Å². The quantitative estimate of drug-likeness (QED) is 0.0384. The van der Waals surface area contributed by atoms with Crippen LogP contribution in [0.1, 0.15) is 43.6 Å². The van der Waals surface area contributed by atoms with E-state index >= 15 is 0 Å². The van der Waals surface area contributed by atoms with Crippen LogP contribution in [0.2, 0.25) is 0 Å². The molecule has 2 aromatic rings. The second kappa shape index (κ2) is 21.9. The zero-order valence-electron chi connectivity index (χ0n) is 30.0. The first kappa shape index (κ1) is 43.9. The number of hydrogen-bond acceptors (Lipinski definition) is 13. The van der Waals surface area contributed by atoms with Gasteiger partial charge in [0.15, 0.2) is 0 Å². The van der Waals surface area contributed by atoms with Gasteiger partial charge in [0.05, 0.1) is 74.4 Å². The van der Waals surface area contributed by atoms with E-state index in [4.69, 9.17) is 28.4 Å². The Balaban J connectivity index is 0.000000506. The van der Waals surface area contributed by atoms with Crippen LogP contribution in [0.3, 0.4) is 0 Å². The molecule has 0 saturated heterocycles. The predicted molar refractivity (Wildman–Crippen MR) is 198 cm³/mol. The molecule has 0 heterocycles. The molecule has 0 bridgehead atoms. The topological polar surface area (TPSA) is 163 Å². The summed E-state index contributed by atoms with van der Waals surface area (Å²) in [4.78, 5) is 43.1. The molecule has 0 radical (unpaired) electrons. The van der Waals surface area contributed by atoms with E-state index in [2.05, 4.69) is 36.9 Å². The van der Waals surface area contributed by atoms with Crippen LogP contribution in [0.4, 0.5) is 0 Å². The Hall–Kier alpha value is -4.08. The summed E-state index contributed by atoms with van der Waals surface area (Å²) in [5.74, 6) is -0.540. The van der Waals surface area contributed by atoms with Gasteiger partial charge in [0.1, 0.15) is 39.9 Å². The average molecular weight is 831 g/mol. The summed E-state index contributed by atoms with van der Waals surface area (Å²) in [5, 5.41) is 20.2. The number of nitrogens with zero attached hydrogens (tertiary/aromatic N) is 2. The highest BCUT2D eigenvalue weighted by atomic mass is 79.9. The van der Waals surface area contributed by atoms with Crippen LogP contribution in [-0.4, -0.2) is 107 Å². The Morgan fingerprint density at radius 1 is 0.800 bits per heavy atom. The van der Waals surface area contributed by atoms with Crippen molar-refractivity contribution in [2.45, 2.75) is 33.7 Å². The minimum Gasteiger partial charge on any atom is -0.506 e. The SMILES string of the molecule is CCOC(=O)C(=CN(C)C)C(=O)c1cc(Br)c(OC)cc1OC.CCOC(=O)C(C=N[C@H](CO)C(C)C)=C(O)c1cc(Br)c(OC)cc1OC. The van der Waals surface area contributed by atoms with E-state index in [1.54, 1.807) is 57.1 Å². The molecular weight excluding hydrogens is 784 g/mol. The van der Waals surface area contributed by atoms with E-state index in [0.29, 0.717) is 31.9 Å². The molecular formula is C35H46Br2N2O11. The molecule has 0 aliphatic rings. The minimum atomic E-state index is -0.729. The predicted octanol–water partition coefficient (Wildman–Crippen LogP) is 6.04. The summed E-state index contributed by atoms with van der Waals surface area (Å²) < 4.78 is 32.1. The van der Waals surface area contributed by atoms with E-state index in [-0.39, 0.29) is 53.8 Å². The van der Waals surface area contributed by atoms with E-state index in [9.17, 15) is 24.6 Å². The van der Waals surface area contributed by atoms with Gasteiger partial charge in [0.25, 0.3) is 0 Å². The van der Waals surface area contributed by atoms with Crippen molar-refractivity contribution in [2.24, 2.45) is 10.9 Å². The van der Waals surface area contributed by atoms with Gasteiger partial charge in [-0.15, -0.1) is 0 Å². The number of carbonyl (C=O) groups is 3. The van der Waals surface area contributed by atoms with E-state index in [1.165, 1.54) is 40.9 Å². The van der Waals surface area contributed by atoms with Gasteiger partial charge in [-0.25, -0.2) is 9.59 Å². The summed E-state index contributed by atoms with van der Waals surface area (Å²) in [5.41, 5.74) is 0.296. The third-order valence-electron chi connectivity index (χ3n) is 6.68. The second-order valence-electron chi connectivity index (χ2n) is 10.7. The van der Waals surface area contributed by atoms with Crippen molar-refractivity contribution in [3.63, 3.8) is 0 Å². The molecule has 0 unspecified atom stereocenters. The minimum absolute atomic E-state index is 0.0569. The number of rotatable bonds is 16. The van der Waals surface area contributed by atoms with Gasteiger partial charge < -0.3 is 43.5 Å². The molecule has 2 rings (SSSR count). The summed E-state index contributed by atoms with van der Waals surface area (Å²) >= 11 is 6.68. The Morgan fingerprint density at radius 3 is 1.68 bits per heavy atom. The first-order chi connectivity index (χ1) is 23.6. The Kier molecular flexibility index (Phi) is 19.2. The maximum Gasteiger partial charge on any atom is 0.343 e. The molecule has 0 aliphatic heterocycles. The maximum atomic E-state index is 12.8. The molecule has 2 aromatic carbocycles. The van der Waals surface area contributed by atoms with Crippen LogP contribution in [0.5, 0.6) is 23.0 Å². The summed E-state index contributed by atoms with van der Waals surface area (Å²) in [7, 11) is 9.34. The first-order valence-corrected chi connectivity index (χ1v) is 16.9. The van der Waals surface area contributed by atoms with Crippen molar-refractivity contribution in [1.82, 2.24) is 4.90 Å². The van der Waals surface area contributed by atoms with Crippen LogP contribution in [0.15, 0.2) is 55.5 Å². The highest BCUT2D eigenvalue weighted by Gasteiger charge is 2.26. The lowest BCUT2D eigenvalue weighted by Crippen LogP contribution is -2.20. The maximum absolute atomic E-state index is 12.8. The second-order valence-corrected chi connectivity index (χ2v) is 12.4. The van der Waals surface area contributed by atoms with Gasteiger partial charge in [-0.2, -0.15) is 0 Å². The van der Waals surface area contributed by atoms with Crippen LogP contribution >= 0.6 is 31.9 Å². The van der Waals surface area contributed by atoms with E-state index in [1.807, 2.05) is 13.8 Å². The van der Waals surface area contributed by atoms with E-state index in [0.717, 1.165) is 0 Å². The van der Waals surface area contributed by atoms with Crippen molar-refractivity contribution >= 4 is 61.6 Å². The van der Waals surface area contributed by atoms with Crippen molar-refractivity contribution < 1.29 is 53.0 Å². The number of aliphatic hydroxyl groups excluding tert-OH is 2. The van der Waals surface area contributed by atoms with Gasteiger partial charge in [-0.3, -0.25) is 9.79 Å². The standard InChI is InChI=1S/C19H26BrNO6.C16H20BrNO5/c1-6-27-19(24)13(9-21-15(10-22)11(2)3)18(23)12-7-14(20)17(26-5)8-16(12)25-4;1-6-23-16(20)11(9-18(2)3)15(19)10-7-12(17)14(22-5)8-13(10)21-4/h7-9,11,15,22-23H,6,10H2,1-5H3;7-9H,6H2,1-5H3/t15-;/m1./s1. The fraction of sp³-hybridized carbons (Fsp3) is 0.429. The number of hydrogen-bond donors (Lipinski definition) is 2. The molecule has 0 saturated carbocycles. The molecule has 50 heavy (non-hydrogen) atoms. The third-order valence-corrected chi connectivity index (χ3v) is 7.92. The summed E-state index contributed by atoms with van der Waals surface area (Å²) in [6, 6.07) is 5.89. The summed E-state index contributed by atoms with van der Waals surface area (Å²) in [6.45, 7) is 7.29. The number of esters is 2. The molecule has 1 atom stereocenters. The van der Waals surface area contributed by atoms with E-state index < -0.39 is 23.8 Å². The van der Waals surface area contributed by atoms with Crippen LogP contribution in [0, 0.1) is 5.92 Å². The van der Waals surface area contributed by atoms with Gasteiger partial charge >= 0.3 is 11.9 Å². The number of ether oxygens (including phenoxy) is 6. The molecule has 15 heteroatoms. The average Bonchev–Trinajstić information content (AvgIpc) is 3.08. The number of halogens is 2. The van der Waals surface area contributed by atoms with Gasteiger partial charge in [-0.05, 0) is 63.8 Å². The zero-order valence-corrected chi connectivity index (χ0v) is 33.1. The van der Waals surface area contributed by atoms with Crippen LogP contribution in [-0.2, 0) is 19.1 Å². The molecule has 2 N–H and O–H groups in total. The van der Waals surface area contributed by atoms with Crippen LogP contribution < -0.4 is 18.9 Å². The zero-order chi connectivity index (χ0) is 38.1. The molecule has 0 amide bonds. The smallest absolute Gasteiger partial charge is 0.343 e. The van der Waals surface area contributed by atoms with Crippen molar-refractivity contribution in [3.8, 4) is 23.0 Å². The lowest BCUT2D eigenvalue weighted by molar-refractivity contribution is -0.138. The number of carbonyl (C=O) groups excluding carboxylic acids is 3. The van der Waals surface area contributed by atoms with Gasteiger partial charge in [0.2, 0.25) is 5.78 Å². The molecule has 276 valence electrons. The summed E-state index contributed by atoms with van der Waals surface area (Å²) in [6.07, 6.45) is 2.66.